The maximum absolute atomic E-state index is 13.2. The van der Waals surface area contributed by atoms with Crippen molar-refractivity contribution in [3.63, 3.8) is 0 Å². The smallest absolute Gasteiger partial charge is 0.277 e. The fraction of sp³-hybridized carbons (Fsp3) is 0.111. The van der Waals surface area contributed by atoms with Crippen LogP contribution in [0.15, 0.2) is 53.3 Å². The maximum Gasteiger partial charge on any atom is 0.435 e. The molecule has 0 aliphatic rings. The number of halogens is 3. The molecule has 1 N–H and O–H groups in total. The molecule has 8 heteroatoms. The first-order valence-corrected chi connectivity index (χ1v) is 8.50. The van der Waals surface area contributed by atoms with Gasteiger partial charge in [0.1, 0.15) is 0 Å². The molecule has 0 saturated heterocycles. The lowest BCUT2D eigenvalue weighted by Gasteiger charge is -2.08. The minimum Gasteiger partial charge on any atom is -0.277 e. The molecular formula is C18H12F3N3OS. The van der Waals surface area contributed by atoms with Crippen molar-refractivity contribution < 1.29 is 13.2 Å². The Labute approximate surface area is 149 Å². The normalized spacial score (nSPS) is 12.0. The molecule has 0 fully saturated rings. The molecule has 0 radical (unpaired) electrons. The third-order valence-corrected chi connectivity index (χ3v) is 4.92. The molecule has 0 spiro atoms. The fourth-order valence-corrected chi connectivity index (χ4v) is 3.43. The second-order valence-corrected chi connectivity index (χ2v) is 6.75. The monoisotopic (exact) mass is 375 g/mol. The minimum atomic E-state index is -4.56. The van der Waals surface area contributed by atoms with Crippen LogP contribution in [0.3, 0.4) is 0 Å². The third kappa shape index (κ3) is 2.82. The number of alkyl halides is 3. The summed E-state index contributed by atoms with van der Waals surface area (Å²) in [7, 11) is 0. The van der Waals surface area contributed by atoms with Crippen molar-refractivity contribution in [1.82, 2.24) is 14.2 Å². The van der Waals surface area contributed by atoms with Gasteiger partial charge in [0.25, 0.3) is 5.56 Å². The molecule has 0 bridgehead atoms. The number of aromatic nitrogens is 3. The van der Waals surface area contributed by atoms with Crippen LogP contribution >= 0.6 is 11.5 Å². The summed E-state index contributed by atoms with van der Waals surface area (Å²) in [6.07, 6.45) is -4.56. The van der Waals surface area contributed by atoms with Crippen LogP contribution in [0.2, 0.25) is 0 Å². The SMILES string of the molecule is Cc1ccc(-c2cc(C(F)(F)F)nn2-c2ccc3s[nH]c(=O)c3c2)cc1. The topological polar surface area (TPSA) is 50.7 Å². The van der Waals surface area contributed by atoms with Crippen molar-refractivity contribution in [2.45, 2.75) is 13.1 Å². The lowest BCUT2D eigenvalue weighted by molar-refractivity contribution is -0.141. The lowest BCUT2D eigenvalue weighted by Crippen LogP contribution is -2.07. The van der Waals surface area contributed by atoms with Crippen molar-refractivity contribution in [2.24, 2.45) is 0 Å². The zero-order valence-electron chi connectivity index (χ0n) is 13.5. The summed E-state index contributed by atoms with van der Waals surface area (Å²) in [5, 5.41) is 4.18. The van der Waals surface area contributed by atoms with E-state index in [2.05, 4.69) is 9.47 Å². The van der Waals surface area contributed by atoms with Crippen LogP contribution in [0, 0.1) is 6.92 Å². The lowest BCUT2D eigenvalue weighted by atomic mass is 10.1. The molecular weight excluding hydrogens is 363 g/mol. The number of fused-ring (bicyclic) bond motifs is 1. The van der Waals surface area contributed by atoms with Crippen molar-refractivity contribution in [2.75, 3.05) is 0 Å². The van der Waals surface area contributed by atoms with Gasteiger partial charge in [-0.1, -0.05) is 41.4 Å². The Morgan fingerprint density at radius 3 is 2.50 bits per heavy atom. The molecule has 0 saturated carbocycles. The zero-order chi connectivity index (χ0) is 18.5. The summed E-state index contributed by atoms with van der Waals surface area (Å²) in [6.45, 7) is 1.90. The molecule has 4 rings (SSSR count). The first-order valence-electron chi connectivity index (χ1n) is 7.69. The van der Waals surface area contributed by atoms with Crippen LogP contribution in [0.4, 0.5) is 13.2 Å². The Bertz CT molecular complexity index is 1150. The molecule has 4 nitrogen and oxygen atoms in total. The molecule has 0 amide bonds. The highest BCUT2D eigenvalue weighted by Gasteiger charge is 2.35. The molecule has 4 aromatic rings. The highest BCUT2D eigenvalue weighted by molar-refractivity contribution is 7.13. The van der Waals surface area contributed by atoms with Crippen molar-refractivity contribution in [3.05, 3.63) is 70.1 Å². The number of benzene rings is 2. The summed E-state index contributed by atoms with van der Waals surface area (Å²) in [5.41, 5.74) is 1.06. The number of hydrogen-bond acceptors (Lipinski definition) is 3. The summed E-state index contributed by atoms with van der Waals surface area (Å²) in [6, 6.07) is 13.1. The molecule has 26 heavy (non-hydrogen) atoms. The highest BCUT2D eigenvalue weighted by Crippen LogP contribution is 2.33. The Kier molecular flexibility index (Phi) is 3.73. The van der Waals surface area contributed by atoms with E-state index < -0.39 is 11.9 Å². The molecule has 2 aromatic heterocycles. The van der Waals surface area contributed by atoms with Gasteiger partial charge in [-0.3, -0.25) is 9.17 Å². The average molecular weight is 375 g/mol. The van der Waals surface area contributed by atoms with Crippen molar-refractivity contribution in [1.29, 1.82) is 0 Å². The largest absolute Gasteiger partial charge is 0.435 e. The van der Waals surface area contributed by atoms with Gasteiger partial charge in [-0.2, -0.15) is 18.3 Å². The number of aryl methyl sites for hydroxylation is 1. The van der Waals surface area contributed by atoms with Crippen molar-refractivity contribution in [3.8, 4) is 16.9 Å². The predicted octanol–water partition coefficient (Wildman–Crippen LogP) is 4.77. The van der Waals surface area contributed by atoms with E-state index >= 15 is 0 Å². The fourth-order valence-electron chi connectivity index (χ4n) is 2.72. The van der Waals surface area contributed by atoms with Gasteiger partial charge in [0.15, 0.2) is 5.69 Å². The molecule has 0 atom stereocenters. The summed E-state index contributed by atoms with van der Waals surface area (Å²) >= 11 is 1.18. The van der Waals surface area contributed by atoms with E-state index in [9.17, 15) is 18.0 Å². The Hall–Kier alpha value is -2.87. The van der Waals surface area contributed by atoms with Gasteiger partial charge in [-0.25, -0.2) is 4.68 Å². The first-order chi connectivity index (χ1) is 12.3. The number of hydrogen-bond donors (Lipinski definition) is 1. The van der Waals surface area contributed by atoms with Crippen LogP contribution in [0.5, 0.6) is 0 Å². The number of H-pyrrole nitrogens is 1. The minimum absolute atomic E-state index is 0.271. The predicted molar refractivity (Wildman–Crippen MR) is 94.7 cm³/mol. The van der Waals surface area contributed by atoms with E-state index in [4.69, 9.17) is 0 Å². The Morgan fingerprint density at radius 2 is 1.81 bits per heavy atom. The van der Waals surface area contributed by atoms with E-state index in [1.165, 1.54) is 16.2 Å². The molecule has 0 aliphatic heterocycles. The van der Waals surface area contributed by atoms with E-state index in [0.717, 1.165) is 16.3 Å². The van der Waals surface area contributed by atoms with Gasteiger partial charge in [-0.05, 0) is 31.2 Å². The van der Waals surface area contributed by atoms with Crippen LogP contribution in [-0.2, 0) is 6.18 Å². The average Bonchev–Trinajstić information content (AvgIpc) is 3.20. The Morgan fingerprint density at radius 1 is 1.08 bits per heavy atom. The third-order valence-electron chi connectivity index (χ3n) is 4.05. The second kappa shape index (κ2) is 5.84. The highest BCUT2D eigenvalue weighted by atomic mass is 32.1. The summed E-state index contributed by atoms with van der Waals surface area (Å²) in [5.74, 6) is 0. The molecule has 2 aromatic carbocycles. The molecule has 0 unspecified atom stereocenters. The van der Waals surface area contributed by atoms with Gasteiger partial charge < -0.3 is 0 Å². The van der Waals surface area contributed by atoms with Crippen molar-refractivity contribution >= 4 is 21.6 Å². The molecule has 0 aliphatic carbocycles. The van der Waals surface area contributed by atoms with Crippen LogP contribution in [0.25, 0.3) is 27.0 Å². The molecule has 2 heterocycles. The number of nitrogens with zero attached hydrogens (tertiary/aromatic N) is 2. The van der Waals surface area contributed by atoms with E-state index in [0.29, 0.717) is 22.3 Å². The standard InChI is InChI=1S/C18H12F3N3OS/c1-10-2-4-11(5-3-10)14-9-16(18(19,20)21)22-24(14)12-6-7-15-13(8-12)17(25)23-26-15/h2-9H,1H3,(H,23,25). The summed E-state index contributed by atoms with van der Waals surface area (Å²) in [4.78, 5) is 11.9. The maximum atomic E-state index is 13.2. The van der Waals surface area contributed by atoms with Crippen LogP contribution in [0.1, 0.15) is 11.3 Å². The van der Waals surface area contributed by atoms with Crippen LogP contribution in [-0.4, -0.2) is 14.2 Å². The van der Waals surface area contributed by atoms with E-state index in [1.807, 2.05) is 19.1 Å². The summed E-state index contributed by atoms with van der Waals surface area (Å²) < 4.78 is 44.2. The molecule has 132 valence electrons. The number of rotatable bonds is 2. The first kappa shape index (κ1) is 16.6. The zero-order valence-corrected chi connectivity index (χ0v) is 14.3. The second-order valence-electron chi connectivity index (χ2n) is 5.90. The number of aromatic amines is 1. The van der Waals surface area contributed by atoms with Crippen LogP contribution < -0.4 is 5.56 Å². The van der Waals surface area contributed by atoms with E-state index in [1.54, 1.807) is 30.3 Å². The van der Waals surface area contributed by atoms with Gasteiger partial charge >= 0.3 is 6.18 Å². The number of nitrogens with one attached hydrogen (secondary N) is 1. The van der Waals surface area contributed by atoms with E-state index in [-0.39, 0.29) is 5.56 Å². The Balaban J connectivity index is 1.95. The van der Waals surface area contributed by atoms with Gasteiger partial charge in [0.2, 0.25) is 0 Å². The van der Waals surface area contributed by atoms with Gasteiger partial charge in [-0.15, -0.1) is 0 Å². The van der Waals surface area contributed by atoms with Gasteiger partial charge in [0, 0.05) is 5.56 Å². The van der Waals surface area contributed by atoms with Gasteiger partial charge in [0.05, 0.1) is 21.5 Å². The quantitative estimate of drug-likeness (QED) is 0.549.